The van der Waals surface area contributed by atoms with Crippen molar-refractivity contribution >= 4 is 17.7 Å². The zero-order valence-electron chi connectivity index (χ0n) is 5.59. The molecule has 0 aromatic heterocycles. The highest BCUT2D eigenvalue weighted by molar-refractivity contribution is 6.11. The summed E-state index contributed by atoms with van der Waals surface area (Å²) < 4.78 is 4.67. The highest BCUT2D eigenvalue weighted by Crippen LogP contribution is 1.97. The van der Waals surface area contributed by atoms with E-state index in [1.165, 1.54) is 7.11 Å². The van der Waals surface area contributed by atoms with E-state index in [-0.39, 0.29) is 11.9 Å². The van der Waals surface area contributed by atoms with Crippen LogP contribution in [-0.4, -0.2) is 24.8 Å². The second-order valence-corrected chi connectivity index (χ2v) is 1.83. The SMILES string of the molecule is COC1=NC(=N)CC(N)=N1. The van der Waals surface area contributed by atoms with Gasteiger partial charge in [0.05, 0.1) is 13.5 Å². The van der Waals surface area contributed by atoms with Crippen LogP contribution in [0, 0.1) is 5.41 Å². The van der Waals surface area contributed by atoms with Gasteiger partial charge in [-0.05, 0) is 0 Å². The summed E-state index contributed by atoms with van der Waals surface area (Å²) in [6.07, 6.45) is 0.312. The summed E-state index contributed by atoms with van der Waals surface area (Å²) in [4.78, 5) is 7.39. The van der Waals surface area contributed by atoms with E-state index >= 15 is 0 Å². The average molecular weight is 140 g/mol. The van der Waals surface area contributed by atoms with Crippen LogP contribution in [0.2, 0.25) is 0 Å². The molecule has 0 amide bonds. The first-order valence-corrected chi connectivity index (χ1v) is 2.75. The Morgan fingerprint density at radius 2 is 2.30 bits per heavy atom. The molecule has 0 aromatic carbocycles. The minimum absolute atomic E-state index is 0.161. The summed E-state index contributed by atoms with van der Waals surface area (Å²) in [6, 6.07) is 0.161. The van der Waals surface area contributed by atoms with Gasteiger partial charge in [-0.1, -0.05) is 0 Å². The summed E-state index contributed by atoms with van der Waals surface area (Å²) in [5.74, 6) is 0.557. The summed E-state index contributed by atoms with van der Waals surface area (Å²) in [6.45, 7) is 0. The molecule has 1 aliphatic heterocycles. The lowest BCUT2D eigenvalue weighted by atomic mass is 10.3. The Labute approximate surface area is 58.1 Å². The van der Waals surface area contributed by atoms with E-state index in [0.717, 1.165) is 0 Å². The quantitative estimate of drug-likeness (QED) is 0.485. The molecule has 0 aromatic rings. The highest BCUT2D eigenvalue weighted by Gasteiger charge is 2.08. The van der Waals surface area contributed by atoms with E-state index < -0.39 is 0 Å². The van der Waals surface area contributed by atoms with Crippen molar-refractivity contribution < 1.29 is 4.74 Å². The lowest BCUT2D eigenvalue weighted by Crippen LogP contribution is -2.23. The third-order valence-corrected chi connectivity index (χ3v) is 1.00. The van der Waals surface area contributed by atoms with E-state index in [4.69, 9.17) is 11.1 Å². The number of methoxy groups -OCH3 is 1. The summed E-state index contributed by atoms with van der Waals surface area (Å²) in [5, 5.41) is 7.12. The van der Waals surface area contributed by atoms with Gasteiger partial charge in [0, 0.05) is 0 Å². The van der Waals surface area contributed by atoms with Crippen molar-refractivity contribution in [3.05, 3.63) is 0 Å². The maximum atomic E-state index is 7.12. The summed E-state index contributed by atoms with van der Waals surface area (Å²) in [5.41, 5.74) is 5.34. The van der Waals surface area contributed by atoms with Crippen molar-refractivity contribution in [3.63, 3.8) is 0 Å². The highest BCUT2D eigenvalue weighted by atomic mass is 16.5. The van der Waals surface area contributed by atoms with Gasteiger partial charge in [0.1, 0.15) is 11.7 Å². The number of hydrogen-bond acceptors (Lipinski definition) is 4. The molecule has 5 nitrogen and oxygen atoms in total. The maximum Gasteiger partial charge on any atom is 0.319 e. The molecule has 0 saturated carbocycles. The van der Waals surface area contributed by atoms with Crippen molar-refractivity contribution in [1.82, 2.24) is 0 Å². The first-order chi connectivity index (χ1) is 4.72. The molecule has 0 bridgehead atoms. The molecule has 3 N–H and O–H groups in total. The normalized spacial score (nSPS) is 17.9. The third kappa shape index (κ3) is 1.31. The van der Waals surface area contributed by atoms with Gasteiger partial charge in [0.25, 0.3) is 0 Å². The first kappa shape index (κ1) is 6.73. The Morgan fingerprint density at radius 1 is 1.60 bits per heavy atom. The van der Waals surface area contributed by atoms with Crippen molar-refractivity contribution in [2.75, 3.05) is 7.11 Å². The Hall–Kier alpha value is -1.39. The van der Waals surface area contributed by atoms with Gasteiger partial charge in [-0.15, -0.1) is 0 Å². The summed E-state index contributed by atoms with van der Waals surface area (Å²) in [7, 11) is 1.44. The smallest absolute Gasteiger partial charge is 0.319 e. The number of rotatable bonds is 0. The van der Waals surface area contributed by atoms with E-state index in [9.17, 15) is 0 Å². The molecule has 1 heterocycles. The predicted molar refractivity (Wildman–Crippen MR) is 38.4 cm³/mol. The van der Waals surface area contributed by atoms with E-state index in [2.05, 4.69) is 14.7 Å². The molecule has 0 unspecified atom stereocenters. The lowest BCUT2D eigenvalue weighted by molar-refractivity contribution is 0.397. The second kappa shape index (κ2) is 2.47. The number of aliphatic imine (C=N–C) groups is 2. The van der Waals surface area contributed by atoms with E-state index in [1.807, 2.05) is 0 Å². The number of amidine groups is 3. The number of nitrogens with one attached hydrogen (secondary N) is 1. The zero-order chi connectivity index (χ0) is 7.56. The predicted octanol–water partition coefficient (Wildman–Crippen LogP) is -0.273. The van der Waals surface area contributed by atoms with E-state index in [1.54, 1.807) is 0 Å². The van der Waals surface area contributed by atoms with Gasteiger partial charge < -0.3 is 10.5 Å². The molecule has 54 valence electrons. The first-order valence-electron chi connectivity index (χ1n) is 2.75. The minimum Gasteiger partial charge on any atom is -0.467 e. The van der Waals surface area contributed by atoms with Crippen LogP contribution in [0.4, 0.5) is 0 Å². The van der Waals surface area contributed by atoms with Crippen LogP contribution in [-0.2, 0) is 4.74 Å². The molecule has 0 fully saturated rings. The standard InChI is InChI=1S/C5H8N4O/c1-10-5-8-3(6)2-4(7)9-5/h2H2,1H3,(H3,6,7,8,9). The van der Waals surface area contributed by atoms with E-state index in [0.29, 0.717) is 12.3 Å². The van der Waals surface area contributed by atoms with Crippen molar-refractivity contribution in [2.24, 2.45) is 15.7 Å². The topological polar surface area (TPSA) is 83.8 Å². The average Bonchev–Trinajstić information content (AvgIpc) is 1.85. The third-order valence-electron chi connectivity index (χ3n) is 1.00. The van der Waals surface area contributed by atoms with Gasteiger partial charge in [-0.25, -0.2) is 0 Å². The fourth-order valence-electron chi connectivity index (χ4n) is 0.605. The fraction of sp³-hybridized carbons (Fsp3) is 0.400. The van der Waals surface area contributed by atoms with Crippen LogP contribution in [0.5, 0.6) is 0 Å². The molecule has 0 radical (unpaired) electrons. The minimum atomic E-state index is 0.161. The molecule has 0 atom stereocenters. The van der Waals surface area contributed by atoms with Crippen molar-refractivity contribution in [3.8, 4) is 0 Å². The summed E-state index contributed by atoms with van der Waals surface area (Å²) >= 11 is 0. The van der Waals surface area contributed by atoms with Gasteiger partial charge >= 0.3 is 6.02 Å². The van der Waals surface area contributed by atoms with Gasteiger partial charge in [0.15, 0.2) is 0 Å². The van der Waals surface area contributed by atoms with Gasteiger partial charge in [0.2, 0.25) is 0 Å². The lowest BCUT2D eigenvalue weighted by Gasteiger charge is -2.06. The number of ether oxygens (including phenoxy) is 1. The Kier molecular flexibility index (Phi) is 1.66. The van der Waals surface area contributed by atoms with Crippen LogP contribution >= 0.6 is 0 Å². The second-order valence-electron chi connectivity index (χ2n) is 1.83. The fourth-order valence-corrected chi connectivity index (χ4v) is 0.605. The van der Waals surface area contributed by atoms with Crippen LogP contribution in [0.3, 0.4) is 0 Å². The number of nitrogens with two attached hydrogens (primary N) is 1. The molecule has 1 aliphatic rings. The van der Waals surface area contributed by atoms with Gasteiger partial charge in [-0.2, -0.15) is 9.98 Å². The van der Waals surface area contributed by atoms with Crippen LogP contribution in [0.15, 0.2) is 9.98 Å². The molecule has 0 aliphatic carbocycles. The maximum absolute atomic E-state index is 7.12. The van der Waals surface area contributed by atoms with Crippen molar-refractivity contribution in [1.29, 1.82) is 5.41 Å². The number of hydrogen-bond donors (Lipinski definition) is 2. The Morgan fingerprint density at radius 3 is 2.80 bits per heavy atom. The molecular formula is C5H8N4O. The molecule has 1 rings (SSSR count). The van der Waals surface area contributed by atoms with Crippen LogP contribution in [0.25, 0.3) is 0 Å². The van der Waals surface area contributed by atoms with Gasteiger partial charge in [-0.3, -0.25) is 5.41 Å². The van der Waals surface area contributed by atoms with Crippen molar-refractivity contribution in [2.45, 2.75) is 6.42 Å². The monoisotopic (exact) mass is 140 g/mol. The number of nitrogens with zero attached hydrogens (tertiary/aromatic N) is 2. The largest absolute Gasteiger partial charge is 0.467 e. The van der Waals surface area contributed by atoms with Crippen LogP contribution < -0.4 is 5.73 Å². The zero-order valence-corrected chi connectivity index (χ0v) is 5.59. The molecular weight excluding hydrogens is 132 g/mol. The molecule has 0 saturated heterocycles. The Balaban J connectivity index is 2.82. The Bertz CT molecular complexity index is 218. The molecule has 10 heavy (non-hydrogen) atoms. The molecule has 5 heteroatoms. The molecule has 0 spiro atoms. The van der Waals surface area contributed by atoms with Crippen LogP contribution in [0.1, 0.15) is 6.42 Å².